The minimum atomic E-state index is -3.81. The normalized spacial score (nSPS) is 11.3. The number of aromatic nitrogens is 2. The molecule has 3 aromatic rings. The maximum atomic E-state index is 12.5. The van der Waals surface area contributed by atoms with E-state index in [0.29, 0.717) is 5.69 Å². The number of sulfonamides is 1. The Bertz CT molecular complexity index is 1010. The number of hydrogen-bond acceptors (Lipinski definition) is 7. The number of pyridine rings is 1. The summed E-state index contributed by atoms with van der Waals surface area (Å²) < 4.78 is 32.4. The average molecular weight is 387 g/mol. The molecule has 27 heavy (non-hydrogen) atoms. The third-order valence-corrected chi connectivity index (χ3v) is 5.51. The third kappa shape index (κ3) is 4.20. The monoisotopic (exact) mass is 387 g/mol. The summed E-state index contributed by atoms with van der Waals surface area (Å²) in [5, 5.41) is 6.90. The number of rotatable bonds is 6. The van der Waals surface area contributed by atoms with Crippen molar-refractivity contribution in [2.24, 2.45) is 0 Å². The molecule has 142 valence electrons. The Hall–Kier alpha value is -3.07. The fraction of sp³-hybridized carbons (Fsp3) is 0.222. The van der Waals surface area contributed by atoms with Crippen molar-refractivity contribution in [2.75, 3.05) is 29.0 Å². The third-order valence-electron chi connectivity index (χ3n) is 3.91. The molecule has 0 saturated carbocycles. The zero-order valence-corrected chi connectivity index (χ0v) is 16.3. The molecule has 0 radical (unpaired) electrons. The van der Waals surface area contributed by atoms with E-state index >= 15 is 0 Å². The highest BCUT2D eigenvalue weighted by atomic mass is 32.2. The van der Waals surface area contributed by atoms with Crippen LogP contribution in [-0.2, 0) is 10.0 Å². The fourth-order valence-electron chi connectivity index (χ4n) is 2.58. The standard InChI is InChI=1S/C18H21N5O3S/c1-12-18(13(2)26-21-12)27(24,25)22-17-10-7-15(11-19-17)20-14-5-8-16(9-6-14)23(3)4/h5-11,20H,1-4H3,(H,19,22). The Balaban J connectivity index is 1.72. The van der Waals surface area contributed by atoms with Crippen molar-refractivity contribution in [1.29, 1.82) is 0 Å². The summed E-state index contributed by atoms with van der Waals surface area (Å²) in [6.45, 7) is 3.13. The van der Waals surface area contributed by atoms with Crippen molar-refractivity contribution in [3.8, 4) is 0 Å². The second kappa shape index (κ2) is 7.28. The Kier molecular flexibility index (Phi) is 5.04. The maximum absolute atomic E-state index is 12.5. The molecule has 1 aromatic carbocycles. The number of nitrogens with one attached hydrogen (secondary N) is 2. The van der Waals surface area contributed by atoms with E-state index in [1.807, 2.05) is 43.3 Å². The lowest BCUT2D eigenvalue weighted by Gasteiger charge is -2.13. The van der Waals surface area contributed by atoms with Crippen molar-refractivity contribution in [3.63, 3.8) is 0 Å². The lowest BCUT2D eigenvalue weighted by Crippen LogP contribution is -2.15. The lowest BCUT2D eigenvalue weighted by molar-refractivity contribution is 0.390. The molecule has 3 rings (SSSR count). The number of aryl methyl sites for hydroxylation is 2. The van der Waals surface area contributed by atoms with Crippen LogP contribution >= 0.6 is 0 Å². The van der Waals surface area contributed by atoms with Gasteiger partial charge in [0, 0.05) is 25.5 Å². The van der Waals surface area contributed by atoms with Crippen LogP contribution < -0.4 is 14.9 Å². The van der Waals surface area contributed by atoms with Gasteiger partial charge in [-0.3, -0.25) is 4.72 Å². The van der Waals surface area contributed by atoms with E-state index < -0.39 is 10.0 Å². The molecular formula is C18H21N5O3S. The molecule has 2 N–H and O–H groups in total. The first-order valence-electron chi connectivity index (χ1n) is 8.22. The molecule has 2 aromatic heterocycles. The van der Waals surface area contributed by atoms with Gasteiger partial charge in [0.15, 0.2) is 10.7 Å². The van der Waals surface area contributed by atoms with Gasteiger partial charge in [0.1, 0.15) is 11.5 Å². The Morgan fingerprint density at radius 2 is 1.67 bits per heavy atom. The molecular weight excluding hydrogens is 366 g/mol. The van der Waals surface area contributed by atoms with Crippen molar-refractivity contribution in [1.82, 2.24) is 10.1 Å². The molecule has 0 bridgehead atoms. The van der Waals surface area contributed by atoms with Crippen LogP contribution in [0.25, 0.3) is 0 Å². The number of hydrogen-bond donors (Lipinski definition) is 2. The first-order chi connectivity index (χ1) is 12.8. The van der Waals surface area contributed by atoms with Gasteiger partial charge in [-0.25, -0.2) is 13.4 Å². The largest absolute Gasteiger partial charge is 0.378 e. The van der Waals surface area contributed by atoms with E-state index in [1.54, 1.807) is 32.2 Å². The molecule has 0 atom stereocenters. The van der Waals surface area contributed by atoms with Crippen molar-refractivity contribution in [2.45, 2.75) is 18.7 Å². The molecule has 2 heterocycles. The van der Waals surface area contributed by atoms with Crippen LogP contribution in [-0.4, -0.2) is 32.7 Å². The Morgan fingerprint density at radius 1 is 1.00 bits per heavy atom. The van der Waals surface area contributed by atoms with Gasteiger partial charge in [-0.1, -0.05) is 5.16 Å². The molecule has 0 aliphatic heterocycles. The fourth-order valence-corrected chi connectivity index (χ4v) is 3.92. The maximum Gasteiger partial charge on any atom is 0.268 e. The predicted octanol–water partition coefficient (Wildman–Crippen LogP) is 3.30. The Morgan fingerprint density at radius 3 is 2.19 bits per heavy atom. The van der Waals surface area contributed by atoms with E-state index in [2.05, 4.69) is 20.2 Å². The summed E-state index contributed by atoms with van der Waals surface area (Å²) in [5.41, 5.74) is 3.06. The van der Waals surface area contributed by atoms with E-state index in [4.69, 9.17) is 4.52 Å². The van der Waals surface area contributed by atoms with Crippen LogP contribution in [0, 0.1) is 13.8 Å². The van der Waals surface area contributed by atoms with Gasteiger partial charge in [-0.05, 0) is 50.2 Å². The van der Waals surface area contributed by atoms with Crippen LogP contribution in [0.2, 0.25) is 0 Å². The molecule has 0 amide bonds. The quantitative estimate of drug-likeness (QED) is 0.669. The predicted molar refractivity (Wildman–Crippen MR) is 105 cm³/mol. The van der Waals surface area contributed by atoms with Gasteiger partial charge in [0.25, 0.3) is 10.0 Å². The highest BCUT2D eigenvalue weighted by Crippen LogP contribution is 2.23. The number of benzene rings is 1. The smallest absolute Gasteiger partial charge is 0.268 e. The van der Waals surface area contributed by atoms with E-state index in [-0.39, 0.29) is 16.5 Å². The highest BCUT2D eigenvalue weighted by Gasteiger charge is 2.24. The first kappa shape index (κ1) is 18.7. The van der Waals surface area contributed by atoms with Gasteiger partial charge in [-0.2, -0.15) is 0 Å². The van der Waals surface area contributed by atoms with Crippen molar-refractivity contribution >= 4 is 32.9 Å². The summed E-state index contributed by atoms with van der Waals surface area (Å²) >= 11 is 0. The summed E-state index contributed by atoms with van der Waals surface area (Å²) in [7, 11) is 0.152. The van der Waals surface area contributed by atoms with Crippen LogP contribution in [0.5, 0.6) is 0 Å². The van der Waals surface area contributed by atoms with Gasteiger partial charge in [-0.15, -0.1) is 0 Å². The van der Waals surface area contributed by atoms with Crippen LogP contribution in [0.1, 0.15) is 11.5 Å². The minimum absolute atomic E-state index is 0.0347. The topological polar surface area (TPSA) is 100 Å². The van der Waals surface area contributed by atoms with Crippen LogP contribution in [0.15, 0.2) is 52.0 Å². The van der Waals surface area contributed by atoms with Gasteiger partial charge in [0.2, 0.25) is 0 Å². The average Bonchev–Trinajstić information content (AvgIpc) is 2.96. The van der Waals surface area contributed by atoms with Crippen molar-refractivity contribution in [3.05, 3.63) is 54.0 Å². The highest BCUT2D eigenvalue weighted by molar-refractivity contribution is 7.92. The van der Waals surface area contributed by atoms with Gasteiger partial charge >= 0.3 is 0 Å². The second-order valence-electron chi connectivity index (χ2n) is 6.26. The molecule has 8 nitrogen and oxygen atoms in total. The summed E-state index contributed by atoms with van der Waals surface area (Å²) in [4.78, 5) is 6.22. The summed E-state index contributed by atoms with van der Waals surface area (Å²) in [6, 6.07) is 11.3. The molecule has 0 aliphatic carbocycles. The zero-order valence-electron chi connectivity index (χ0n) is 15.5. The molecule has 0 unspecified atom stereocenters. The molecule has 9 heteroatoms. The first-order valence-corrected chi connectivity index (χ1v) is 9.71. The zero-order chi connectivity index (χ0) is 19.6. The molecule has 0 fully saturated rings. The number of anilines is 4. The van der Waals surface area contributed by atoms with E-state index in [0.717, 1.165) is 17.1 Å². The molecule has 0 saturated heterocycles. The van der Waals surface area contributed by atoms with Crippen LogP contribution in [0.4, 0.5) is 22.9 Å². The Labute approximate surface area is 158 Å². The van der Waals surface area contributed by atoms with E-state index in [1.165, 1.54) is 0 Å². The molecule has 0 aliphatic rings. The summed E-state index contributed by atoms with van der Waals surface area (Å²) in [6.07, 6.45) is 1.56. The minimum Gasteiger partial charge on any atom is -0.378 e. The van der Waals surface area contributed by atoms with Crippen molar-refractivity contribution < 1.29 is 12.9 Å². The van der Waals surface area contributed by atoms with Crippen LogP contribution in [0.3, 0.4) is 0 Å². The van der Waals surface area contributed by atoms with Gasteiger partial charge < -0.3 is 14.7 Å². The summed E-state index contributed by atoms with van der Waals surface area (Å²) in [5.74, 6) is 0.447. The van der Waals surface area contributed by atoms with Gasteiger partial charge in [0.05, 0.1) is 11.9 Å². The lowest BCUT2D eigenvalue weighted by atomic mass is 10.2. The number of nitrogens with zero attached hydrogens (tertiary/aromatic N) is 3. The molecule has 0 spiro atoms. The van der Waals surface area contributed by atoms with E-state index in [9.17, 15) is 8.42 Å². The second-order valence-corrected chi connectivity index (χ2v) is 7.88. The SMILES string of the molecule is Cc1noc(C)c1S(=O)(=O)Nc1ccc(Nc2ccc(N(C)C)cc2)cn1.